The second-order valence-electron chi connectivity index (χ2n) is 4.46. The average Bonchev–Trinajstić information content (AvgIpc) is 2.38. The standard InChI is InChI=1S/C15H11Cl3N2/c1-8-4-11(14(18)6-15(8)20)12(7-19)10-3-2-9(16)5-13(10)17/h2-6,12H,20H2,1H3. The van der Waals surface area contributed by atoms with Gasteiger partial charge in [-0.3, -0.25) is 0 Å². The first kappa shape index (κ1) is 15.0. The van der Waals surface area contributed by atoms with Crippen LogP contribution in [0, 0.1) is 18.3 Å². The van der Waals surface area contributed by atoms with Crippen LogP contribution < -0.4 is 5.73 Å². The van der Waals surface area contributed by atoms with Gasteiger partial charge in [0.05, 0.1) is 12.0 Å². The number of hydrogen-bond donors (Lipinski definition) is 1. The average molecular weight is 326 g/mol. The number of nitriles is 1. The molecular formula is C15H11Cl3N2. The molecule has 0 saturated heterocycles. The van der Waals surface area contributed by atoms with Crippen molar-refractivity contribution in [2.24, 2.45) is 0 Å². The van der Waals surface area contributed by atoms with E-state index in [2.05, 4.69) is 6.07 Å². The van der Waals surface area contributed by atoms with E-state index in [1.165, 1.54) is 0 Å². The Morgan fingerprint density at radius 1 is 1.05 bits per heavy atom. The van der Waals surface area contributed by atoms with E-state index in [4.69, 9.17) is 40.5 Å². The molecule has 2 nitrogen and oxygen atoms in total. The molecular weight excluding hydrogens is 315 g/mol. The first-order chi connectivity index (χ1) is 9.43. The lowest BCUT2D eigenvalue weighted by molar-refractivity contribution is 1.03. The van der Waals surface area contributed by atoms with E-state index in [0.29, 0.717) is 31.9 Å². The topological polar surface area (TPSA) is 49.8 Å². The Labute approximate surface area is 132 Å². The molecule has 0 radical (unpaired) electrons. The van der Waals surface area contributed by atoms with Gasteiger partial charge in [0.25, 0.3) is 0 Å². The summed E-state index contributed by atoms with van der Waals surface area (Å²) >= 11 is 18.3. The summed E-state index contributed by atoms with van der Waals surface area (Å²) in [5, 5.41) is 10.9. The van der Waals surface area contributed by atoms with E-state index in [-0.39, 0.29) is 0 Å². The molecule has 1 unspecified atom stereocenters. The Hall–Kier alpha value is -1.40. The maximum Gasteiger partial charge on any atom is 0.0991 e. The number of hydrogen-bond acceptors (Lipinski definition) is 2. The summed E-state index contributed by atoms with van der Waals surface area (Å²) in [5.74, 6) is -0.563. The molecule has 0 fully saturated rings. The number of nitrogens with zero attached hydrogens (tertiary/aromatic N) is 1. The zero-order chi connectivity index (χ0) is 14.9. The lowest BCUT2D eigenvalue weighted by atomic mass is 9.91. The highest BCUT2D eigenvalue weighted by Gasteiger charge is 2.20. The third-order valence-corrected chi connectivity index (χ3v) is 3.99. The van der Waals surface area contributed by atoms with Crippen molar-refractivity contribution in [1.29, 1.82) is 5.26 Å². The molecule has 0 spiro atoms. The first-order valence-corrected chi connectivity index (χ1v) is 6.97. The van der Waals surface area contributed by atoms with Gasteiger partial charge in [-0.05, 0) is 41.8 Å². The second-order valence-corrected chi connectivity index (χ2v) is 5.71. The van der Waals surface area contributed by atoms with Crippen molar-refractivity contribution in [3.05, 3.63) is 62.1 Å². The summed E-state index contributed by atoms with van der Waals surface area (Å²) in [4.78, 5) is 0. The molecule has 0 aromatic heterocycles. The molecule has 5 heteroatoms. The van der Waals surface area contributed by atoms with Gasteiger partial charge < -0.3 is 5.73 Å². The number of nitrogen functional groups attached to an aromatic ring is 1. The number of benzene rings is 2. The van der Waals surface area contributed by atoms with Crippen molar-refractivity contribution in [1.82, 2.24) is 0 Å². The molecule has 0 amide bonds. The molecule has 20 heavy (non-hydrogen) atoms. The number of halogens is 3. The fourth-order valence-corrected chi connectivity index (χ4v) is 2.78. The van der Waals surface area contributed by atoms with Crippen molar-refractivity contribution in [3.63, 3.8) is 0 Å². The summed E-state index contributed by atoms with van der Waals surface area (Å²) < 4.78 is 0. The van der Waals surface area contributed by atoms with E-state index >= 15 is 0 Å². The van der Waals surface area contributed by atoms with Crippen LogP contribution in [0.25, 0.3) is 0 Å². The smallest absolute Gasteiger partial charge is 0.0991 e. The van der Waals surface area contributed by atoms with Crippen molar-refractivity contribution >= 4 is 40.5 Å². The van der Waals surface area contributed by atoms with Crippen molar-refractivity contribution in [2.45, 2.75) is 12.8 Å². The lowest BCUT2D eigenvalue weighted by Crippen LogP contribution is -2.02. The van der Waals surface area contributed by atoms with Crippen molar-refractivity contribution < 1.29 is 0 Å². The van der Waals surface area contributed by atoms with E-state index < -0.39 is 5.92 Å². The molecule has 2 N–H and O–H groups in total. The Balaban J connectivity index is 2.59. The van der Waals surface area contributed by atoms with Gasteiger partial charge in [-0.1, -0.05) is 46.9 Å². The van der Waals surface area contributed by atoms with Crippen LogP contribution in [0.2, 0.25) is 15.1 Å². The molecule has 0 aliphatic carbocycles. The number of nitrogens with two attached hydrogens (primary N) is 1. The monoisotopic (exact) mass is 324 g/mol. The molecule has 102 valence electrons. The third kappa shape index (κ3) is 2.86. The molecule has 2 aromatic rings. The normalized spacial score (nSPS) is 11.9. The lowest BCUT2D eigenvalue weighted by Gasteiger charge is -2.15. The van der Waals surface area contributed by atoms with E-state index in [1.807, 2.05) is 13.0 Å². The van der Waals surface area contributed by atoms with Crippen LogP contribution in [-0.4, -0.2) is 0 Å². The highest BCUT2D eigenvalue weighted by Crippen LogP contribution is 2.36. The maximum atomic E-state index is 9.48. The Morgan fingerprint density at radius 2 is 1.70 bits per heavy atom. The molecule has 1 atom stereocenters. The number of aryl methyl sites for hydroxylation is 1. The van der Waals surface area contributed by atoms with E-state index in [9.17, 15) is 5.26 Å². The Kier molecular flexibility index (Phi) is 4.45. The Bertz CT molecular complexity index is 705. The number of anilines is 1. The fraction of sp³-hybridized carbons (Fsp3) is 0.133. The summed E-state index contributed by atoms with van der Waals surface area (Å²) in [5.41, 5.74) is 8.63. The van der Waals surface area contributed by atoms with Crippen LogP contribution in [0.3, 0.4) is 0 Å². The molecule has 2 rings (SSSR count). The van der Waals surface area contributed by atoms with Crippen LogP contribution in [0.1, 0.15) is 22.6 Å². The second kappa shape index (κ2) is 5.93. The molecule has 0 bridgehead atoms. The van der Waals surface area contributed by atoms with E-state index in [0.717, 1.165) is 5.56 Å². The summed E-state index contributed by atoms with van der Waals surface area (Å²) in [6.07, 6.45) is 0. The van der Waals surface area contributed by atoms with Crippen LogP contribution in [0.15, 0.2) is 30.3 Å². The van der Waals surface area contributed by atoms with Gasteiger partial charge >= 0.3 is 0 Å². The molecule has 0 heterocycles. The van der Waals surface area contributed by atoms with Gasteiger partial charge in [-0.2, -0.15) is 5.26 Å². The highest BCUT2D eigenvalue weighted by molar-refractivity contribution is 6.35. The van der Waals surface area contributed by atoms with Gasteiger partial charge in [0.15, 0.2) is 0 Å². The predicted octanol–water partition coefficient (Wildman–Crippen LogP) is 5.19. The minimum atomic E-state index is -0.563. The minimum Gasteiger partial charge on any atom is -0.398 e. The van der Waals surface area contributed by atoms with Crippen LogP contribution in [0.5, 0.6) is 0 Å². The summed E-state index contributed by atoms with van der Waals surface area (Å²) in [7, 11) is 0. The third-order valence-electron chi connectivity index (χ3n) is 3.10. The van der Waals surface area contributed by atoms with Gasteiger partial charge in [0.1, 0.15) is 0 Å². The highest BCUT2D eigenvalue weighted by atomic mass is 35.5. The SMILES string of the molecule is Cc1cc(C(C#N)c2ccc(Cl)cc2Cl)c(Cl)cc1N. The maximum absolute atomic E-state index is 9.48. The minimum absolute atomic E-state index is 0.439. The summed E-state index contributed by atoms with van der Waals surface area (Å²) in [6.45, 7) is 1.87. The molecule has 0 aliphatic rings. The van der Waals surface area contributed by atoms with Crippen molar-refractivity contribution in [2.75, 3.05) is 5.73 Å². The molecule has 0 saturated carbocycles. The van der Waals surface area contributed by atoms with Crippen LogP contribution in [0.4, 0.5) is 5.69 Å². The first-order valence-electron chi connectivity index (χ1n) is 5.84. The quantitative estimate of drug-likeness (QED) is 0.772. The van der Waals surface area contributed by atoms with Gasteiger partial charge in [0, 0.05) is 20.8 Å². The van der Waals surface area contributed by atoms with Gasteiger partial charge in [0.2, 0.25) is 0 Å². The van der Waals surface area contributed by atoms with E-state index in [1.54, 1.807) is 24.3 Å². The fourth-order valence-electron chi connectivity index (χ4n) is 1.98. The molecule has 0 aliphatic heterocycles. The predicted molar refractivity (Wildman–Crippen MR) is 84.5 cm³/mol. The zero-order valence-electron chi connectivity index (χ0n) is 10.6. The van der Waals surface area contributed by atoms with Crippen LogP contribution >= 0.6 is 34.8 Å². The van der Waals surface area contributed by atoms with Crippen molar-refractivity contribution in [3.8, 4) is 6.07 Å². The molecule has 2 aromatic carbocycles. The zero-order valence-corrected chi connectivity index (χ0v) is 12.9. The van der Waals surface area contributed by atoms with Crippen LogP contribution in [-0.2, 0) is 0 Å². The van der Waals surface area contributed by atoms with Gasteiger partial charge in [-0.25, -0.2) is 0 Å². The number of rotatable bonds is 2. The Morgan fingerprint density at radius 3 is 2.30 bits per heavy atom. The summed E-state index contributed by atoms with van der Waals surface area (Å²) in [6, 6.07) is 10.7. The van der Waals surface area contributed by atoms with Gasteiger partial charge in [-0.15, -0.1) is 0 Å². The largest absolute Gasteiger partial charge is 0.398 e.